The van der Waals surface area contributed by atoms with Gasteiger partial charge in [0, 0.05) is 25.5 Å². The first-order chi connectivity index (χ1) is 15.6. The number of likely N-dealkylation sites (N-methyl/N-ethyl adjacent to an activating group) is 1. The fourth-order valence-corrected chi connectivity index (χ4v) is 3.54. The maximum absolute atomic E-state index is 13.0. The zero-order chi connectivity index (χ0) is 22.1. The molecule has 0 saturated carbocycles. The molecule has 0 saturated heterocycles. The van der Waals surface area contributed by atoms with Crippen LogP contribution in [0.2, 0.25) is 0 Å². The number of amides is 2. The highest BCUT2D eigenvalue weighted by Gasteiger charge is 2.31. The summed E-state index contributed by atoms with van der Waals surface area (Å²) >= 11 is 0. The van der Waals surface area contributed by atoms with Crippen molar-refractivity contribution in [1.29, 1.82) is 0 Å². The number of aromatic nitrogens is 5. The van der Waals surface area contributed by atoms with E-state index in [1.165, 1.54) is 4.90 Å². The predicted molar refractivity (Wildman–Crippen MR) is 115 cm³/mol. The van der Waals surface area contributed by atoms with Gasteiger partial charge in [-0.2, -0.15) is 0 Å². The van der Waals surface area contributed by atoms with Gasteiger partial charge in [0.05, 0.1) is 29.5 Å². The fraction of sp³-hybridized carbons (Fsp3) is 0.182. The second-order valence-electron chi connectivity index (χ2n) is 7.39. The number of fused-ring (bicyclic) bond motifs is 2. The molecule has 4 aromatic rings. The van der Waals surface area contributed by atoms with E-state index in [0.717, 1.165) is 5.56 Å². The van der Waals surface area contributed by atoms with E-state index in [9.17, 15) is 9.59 Å². The molecule has 1 unspecified atom stereocenters. The summed E-state index contributed by atoms with van der Waals surface area (Å²) in [5.74, 6) is -0.310. The van der Waals surface area contributed by atoms with Gasteiger partial charge < -0.3 is 15.0 Å². The minimum absolute atomic E-state index is 0.0220. The molecule has 0 aliphatic carbocycles. The molecule has 5 rings (SSSR count). The molecule has 0 spiro atoms. The SMILES string of the molecule is CN1C(=O)C(NC(=O)c2cn(Cc3ccccc3)nn2)COc2cc3nccnc3cc21. The Kier molecular flexibility index (Phi) is 4.94. The van der Waals surface area contributed by atoms with Crippen LogP contribution in [0.4, 0.5) is 5.69 Å². The summed E-state index contributed by atoms with van der Waals surface area (Å²) in [6.45, 7) is 0.464. The topological polar surface area (TPSA) is 115 Å². The van der Waals surface area contributed by atoms with E-state index >= 15 is 0 Å². The van der Waals surface area contributed by atoms with Crippen LogP contribution in [0.3, 0.4) is 0 Å². The first-order valence-electron chi connectivity index (χ1n) is 9.98. The minimum Gasteiger partial charge on any atom is -0.489 e. The van der Waals surface area contributed by atoms with E-state index in [0.29, 0.717) is 29.0 Å². The largest absolute Gasteiger partial charge is 0.489 e. The third-order valence-electron chi connectivity index (χ3n) is 5.21. The molecule has 2 aromatic carbocycles. The number of anilines is 1. The Morgan fingerprint density at radius 2 is 1.91 bits per heavy atom. The zero-order valence-electron chi connectivity index (χ0n) is 17.2. The van der Waals surface area contributed by atoms with E-state index in [-0.39, 0.29) is 18.2 Å². The first-order valence-corrected chi connectivity index (χ1v) is 9.98. The second-order valence-corrected chi connectivity index (χ2v) is 7.39. The van der Waals surface area contributed by atoms with Crippen LogP contribution in [0.5, 0.6) is 5.75 Å². The van der Waals surface area contributed by atoms with Crippen molar-refractivity contribution in [3.63, 3.8) is 0 Å². The molecular formula is C22H19N7O3. The average molecular weight is 429 g/mol. The lowest BCUT2D eigenvalue weighted by Gasteiger charge is -2.20. The molecule has 1 N–H and O–H groups in total. The second kappa shape index (κ2) is 8.06. The van der Waals surface area contributed by atoms with Gasteiger partial charge >= 0.3 is 0 Å². The van der Waals surface area contributed by atoms with Gasteiger partial charge in [-0.3, -0.25) is 19.6 Å². The van der Waals surface area contributed by atoms with Gasteiger partial charge in [0.15, 0.2) is 5.69 Å². The highest BCUT2D eigenvalue weighted by atomic mass is 16.5. The van der Waals surface area contributed by atoms with Crippen molar-refractivity contribution in [2.75, 3.05) is 18.6 Å². The first kappa shape index (κ1) is 19.6. The Bertz CT molecular complexity index is 1310. The maximum Gasteiger partial charge on any atom is 0.274 e. The molecule has 1 atom stereocenters. The standard InChI is InChI=1S/C22H19N7O3/c1-28-19-9-15-16(24-8-7-23-15)10-20(19)32-13-18(22(28)31)25-21(30)17-12-29(27-26-17)11-14-5-3-2-4-6-14/h2-10,12,18H,11,13H2,1H3,(H,25,30). The van der Waals surface area contributed by atoms with E-state index in [1.807, 2.05) is 30.3 Å². The third-order valence-corrected chi connectivity index (χ3v) is 5.21. The normalized spacial score (nSPS) is 15.7. The van der Waals surface area contributed by atoms with Crippen LogP contribution in [0.1, 0.15) is 16.1 Å². The number of benzene rings is 2. The third kappa shape index (κ3) is 3.73. The Labute approximate surface area is 182 Å². The number of carbonyl (C=O) groups excluding carboxylic acids is 2. The summed E-state index contributed by atoms with van der Waals surface area (Å²) in [5.41, 5.74) is 3.02. The fourth-order valence-electron chi connectivity index (χ4n) is 3.54. The molecular weight excluding hydrogens is 410 g/mol. The molecule has 2 amide bonds. The van der Waals surface area contributed by atoms with Gasteiger partial charge in [-0.1, -0.05) is 35.5 Å². The molecule has 10 heteroatoms. The molecule has 0 bridgehead atoms. The van der Waals surface area contributed by atoms with E-state index in [1.54, 1.807) is 42.5 Å². The Hall–Kier alpha value is -4.34. The van der Waals surface area contributed by atoms with Crippen LogP contribution < -0.4 is 15.0 Å². The lowest BCUT2D eigenvalue weighted by atomic mass is 10.2. The Morgan fingerprint density at radius 3 is 2.69 bits per heavy atom. The number of hydrogen-bond acceptors (Lipinski definition) is 7. The summed E-state index contributed by atoms with van der Waals surface area (Å²) < 4.78 is 7.42. The smallest absolute Gasteiger partial charge is 0.274 e. The summed E-state index contributed by atoms with van der Waals surface area (Å²) in [6, 6.07) is 12.3. The number of hydrogen-bond donors (Lipinski definition) is 1. The van der Waals surface area contributed by atoms with Crippen molar-refractivity contribution in [2.45, 2.75) is 12.6 Å². The van der Waals surface area contributed by atoms with E-state index in [2.05, 4.69) is 25.6 Å². The molecule has 0 fully saturated rings. The van der Waals surface area contributed by atoms with Gasteiger partial charge in [-0.25, -0.2) is 4.68 Å². The molecule has 2 aromatic heterocycles. The number of rotatable bonds is 4. The van der Waals surface area contributed by atoms with Gasteiger partial charge in [-0.05, 0) is 11.6 Å². The molecule has 0 radical (unpaired) electrons. The highest BCUT2D eigenvalue weighted by molar-refractivity contribution is 6.03. The quantitative estimate of drug-likeness (QED) is 0.522. The van der Waals surface area contributed by atoms with Crippen molar-refractivity contribution < 1.29 is 14.3 Å². The summed E-state index contributed by atoms with van der Waals surface area (Å²) in [4.78, 5) is 35.7. The minimum atomic E-state index is -0.886. The lowest BCUT2D eigenvalue weighted by molar-refractivity contribution is -0.120. The maximum atomic E-state index is 13.0. The lowest BCUT2D eigenvalue weighted by Crippen LogP contribution is -2.49. The highest BCUT2D eigenvalue weighted by Crippen LogP contribution is 2.33. The van der Waals surface area contributed by atoms with Crippen LogP contribution >= 0.6 is 0 Å². The van der Waals surface area contributed by atoms with Gasteiger partial charge in [-0.15, -0.1) is 5.10 Å². The van der Waals surface area contributed by atoms with Crippen LogP contribution in [-0.2, 0) is 11.3 Å². The zero-order valence-corrected chi connectivity index (χ0v) is 17.2. The monoisotopic (exact) mass is 429 g/mol. The van der Waals surface area contributed by atoms with Crippen molar-refractivity contribution in [2.24, 2.45) is 0 Å². The number of nitrogens with zero attached hydrogens (tertiary/aromatic N) is 6. The van der Waals surface area contributed by atoms with Crippen LogP contribution in [0.15, 0.2) is 61.1 Å². The van der Waals surface area contributed by atoms with E-state index in [4.69, 9.17) is 4.74 Å². The summed E-state index contributed by atoms with van der Waals surface area (Å²) in [6.07, 6.45) is 4.73. The predicted octanol–water partition coefficient (Wildman–Crippen LogP) is 1.42. The number of nitrogens with one attached hydrogen (secondary N) is 1. The van der Waals surface area contributed by atoms with Crippen LogP contribution in [0.25, 0.3) is 11.0 Å². The average Bonchev–Trinajstić information content (AvgIpc) is 3.25. The van der Waals surface area contributed by atoms with E-state index < -0.39 is 11.9 Å². The number of carbonyl (C=O) groups is 2. The molecule has 32 heavy (non-hydrogen) atoms. The molecule has 1 aliphatic heterocycles. The van der Waals surface area contributed by atoms with Crippen molar-refractivity contribution in [1.82, 2.24) is 30.3 Å². The summed E-state index contributed by atoms with van der Waals surface area (Å²) in [5, 5.41) is 10.7. The van der Waals surface area contributed by atoms with Crippen LogP contribution in [0, 0.1) is 0 Å². The van der Waals surface area contributed by atoms with Crippen LogP contribution in [-0.4, -0.2) is 56.5 Å². The molecule has 1 aliphatic rings. The molecule has 160 valence electrons. The summed E-state index contributed by atoms with van der Waals surface area (Å²) in [7, 11) is 1.63. The molecule has 10 nitrogen and oxygen atoms in total. The van der Waals surface area contributed by atoms with Crippen molar-refractivity contribution in [3.8, 4) is 5.75 Å². The number of ether oxygens (including phenoxy) is 1. The van der Waals surface area contributed by atoms with Crippen molar-refractivity contribution in [3.05, 3.63) is 72.3 Å². The van der Waals surface area contributed by atoms with Gasteiger partial charge in [0.2, 0.25) is 0 Å². The van der Waals surface area contributed by atoms with Crippen molar-refractivity contribution >= 4 is 28.5 Å². The Balaban J connectivity index is 1.32. The van der Waals surface area contributed by atoms with Gasteiger partial charge in [0.25, 0.3) is 11.8 Å². The Morgan fingerprint density at radius 1 is 1.16 bits per heavy atom. The van der Waals surface area contributed by atoms with Gasteiger partial charge in [0.1, 0.15) is 18.4 Å². The molecule has 3 heterocycles.